The number of carbonyl (C=O) groups excluding carboxylic acids is 2. The van der Waals surface area contributed by atoms with Gasteiger partial charge in [0.2, 0.25) is 0 Å². The van der Waals surface area contributed by atoms with Crippen molar-refractivity contribution in [1.82, 2.24) is 5.32 Å². The summed E-state index contributed by atoms with van der Waals surface area (Å²) in [5, 5.41) is 27.6. The summed E-state index contributed by atoms with van der Waals surface area (Å²) in [6.45, 7) is 1.35. The van der Waals surface area contributed by atoms with Crippen molar-refractivity contribution in [3.8, 4) is 0 Å². The number of urea groups is 2. The van der Waals surface area contributed by atoms with E-state index in [-0.39, 0.29) is 19.8 Å². The summed E-state index contributed by atoms with van der Waals surface area (Å²) in [5.74, 6) is 0. The lowest BCUT2D eigenvalue weighted by atomic mass is 9.88. The zero-order chi connectivity index (χ0) is 13.2. The standard InChI is InChI=1S/C6H14O3.C2H5N3O2/c1-2-6(3-7,4-8)5-9;3-1(6)5-2(4)7/h7-9H,2-5H2,1H3;(H5,3,4,5,6,7). The molecule has 0 fully saturated rings. The van der Waals surface area contributed by atoms with Crippen LogP contribution in [0.15, 0.2) is 0 Å². The van der Waals surface area contributed by atoms with Crippen LogP contribution in [0.4, 0.5) is 9.59 Å². The molecule has 4 amide bonds. The van der Waals surface area contributed by atoms with Crippen LogP contribution in [0.2, 0.25) is 0 Å². The van der Waals surface area contributed by atoms with Gasteiger partial charge in [0.25, 0.3) is 0 Å². The molecule has 0 aromatic heterocycles. The van der Waals surface area contributed by atoms with Crippen LogP contribution in [0, 0.1) is 5.41 Å². The van der Waals surface area contributed by atoms with Crippen LogP contribution in [0.3, 0.4) is 0 Å². The van der Waals surface area contributed by atoms with Crippen molar-refractivity contribution in [1.29, 1.82) is 0 Å². The third kappa shape index (κ3) is 7.97. The summed E-state index contributed by atoms with van der Waals surface area (Å²) in [5.41, 5.74) is 8.22. The molecule has 0 saturated carbocycles. The Labute approximate surface area is 93.2 Å². The SMILES string of the molecule is CCC(CO)(CO)CO.NC(=O)NC(N)=O. The van der Waals surface area contributed by atoms with Crippen molar-refractivity contribution in [2.24, 2.45) is 16.9 Å². The first-order chi connectivity index (χ1) is 7.37. The van der Waals surface area contributed by atoms with Gasteiger partial charge in [0, 0.05) is 5.41 Å². The number of nitrogens with two attached hydrogens (primary N) is 2. The van der Waals surface area contributed by atoms with Crippen molar-refractivity contribution in [3.05, 3.63) is 0 Å². The highest BCUT2D eigenvalue weighted by Crippen LogP contribution is 2.18. The highest BCUT2D eigenvalue weighted by molar-refractivity contribution is 5.91. The predicted molar refractivity (Wildman–Crippen MR) is 56.3 cm³/mol. The van der Waals surface area contributed by atoms with E-state index < -0.39 is 17.5 Å². The third-order valence-electron chi connectivity index (χ3n) is 2.00. The lowest BCUT2D eigenvalue weighted by Crippen LogP contribution is -2.38. The zero-order valence-corrected chi connectivity index (χ0v) is 9.14. The topological polar surface area (TPSA) is 159 Å². The van der Waals surface area contributed by atoms with Gasteiger partial charge < -0.3 is 26.8 Å². The quantitative estimate of drug-likeness (QED) is 0.336. The van der Waals surface area contributed by atoms with E-state index in [9.17, 15) is 9.59 Å². The summed E-state index contributed by atoms with van der Waals surface area (Å²) in [4.78, 5) is 19.2. The Balaban J connectivity index is 0. The number of hydrogen-bond acceptors (Lipinski definition) is 5. The summed E-state index contributed by atoms with van der Waals surface area (Å²) in [7, 11) is 0. The molecule has 0 bridgehead atoms. The van der Waals surface area contributed by atoms with Gasteiger partial charge in [-0.15, -0.1) is 0 Å². The van der Waals surface area contributed by atoms with Crippen LogP contribution in [-0.4, -0.2) is 47.2 Å². The molecule has 0 spiro atoms. The second-order valence-corrected chi connectivity index (χ2v) is 3.18. The molecule has 8 heteroatoms. The molecule has 0 atom stereocenters. The fraction of sp³-hybridized carbons (Fsp3) is 0.750. The molecule has 0 rings (SSSR count). The Bertz CT molecular complexity index is 188. The molecule has 0 aliphatic rings. The molecule has 0 aliphatic heterocycles. The molecule has 8 nitrogen and oxygen atoms in total. The second kappa shape index (κ2) is 8.89. The lowest BCUT2D eigenvalue weighted by molar-refractivity contribution is 0.00304. The van der Waals surface area contributed by atoms with Crippen LogP contribution in [0.1, 0.15) is 13.3 Å². The lowest BCUT2D eigenvalue weighted by Gasteiger charge is -2.24. The first-order valence-electron chi connectivity index (χ1n) is 4.56. The number of carbonyl (C=O) groups is 2. The molecular formula is C8H19N3O5. The van der Waals surface area contributed by atoms with Crippen LogP contribution in [-0.2, 0) is 0 Å². The van der Waals surface area contributed by atoms with Crippen molar-refractivity contribution in [2.45, 2.75) is 13.3 Å². The van der Waals surface area contributed by atoms with Crippen molar-refractivity contribution in [2.75, 3.05) is 19.8 Å². The van der Waals surface area contributed by atoms with Gasteiger partial charge in [-0.1, -0.05) is 6.92 Å². The van der Waals surface area contributed by atoms with Gasteiger partial charge >= 0.3 is 12.1 Å². The number of primary amides is 2. The van der Waals surface area contributed by atoms with Gasteiger partial charge in [-0.25, -0.2) is 9.59 Å². The zero-order valence-electron chi connectivity index (χ0n) is 9.14. The molecule has 8 N–H and O–H groups in total. The Morgan fingerprint density at radius 2 is 1.38 bits per heavy atom. The predicted octanol–water partition coefficient (Wildman–Crippen LogP) is -1.91. The molecule has 0 unspecified atom stereocenters. The van der Waals surface area contributed by atoms with Crippen LogP contribution in [0.5, 0.6) is 0 Å². The first-order valence-corrected chi connectivity index (χ1v) is 4.56. The molecule has 0 aromatic carbocycles. The van der Waals surface area contributed by atoms with E-state index in [1.807, 2.05) is 6.92 Å². The highest BCUT2D eigenvalue weighted by Gasteiger charge is 2.24. The number of imide groups is 1. The number of rotatable bonds is 4. The Hall–Kier alpha value is -1.38. The maximum Gasteiger partial charge on any atom is 0.320 e. The van der Waals surface area contributed by atoms with Gasteiger partial charge in [0.1, 0.15) is 0 Å². The van der Waals surface area contributed by atoms with Crippen molar-refractivity contribution >= 4 is 12.1 Å². The van der Waals surface area contributed by atoms with E-state index in [4.69, 9.17) is 15.3 Å². The summed E-state index contributed by atoms with van der Waals surface area (Å²) >= 11 is 0. The molecular weight excluding hydrogens is 218 g/mol. The van der Waals surface area contributed by atoms with E-state index >= 15 is 0 Å². The Morgan fingerprint density at radius 1 is 1.06 bits per heavy atom. The van der Waals surface area contributed by atoms with E-state index in [2.05, 4.69) is 11.5 Å². The van der Waals surface area contributed by atoms with Gasteiger partial charge in [0.05, 0.1) is 19.8 Å². The first kappa shape index (κ1) is 17.0. The fourth-order valence-electron chi connectivity index (χ4n) is 0.607. The number of aliphatic hydroxyl groups is 3. The average Bonchev–Trinajstić information content (AvgIpc) is 2.21. The third-order valence-corrected chi connectivity index (χ3v) is 2.00. The Morgan fingerprint density at radius 3 is 1.38 bits per heavy atom. The van der Waals surface area contributed by atoms with Gasteiger partial charge in [-0.3, -0.25) is 5.32 Å². The van der Waals surface area contributed by atoms with E-state index in [1.54, 1.807) is 5.32 Å². The van der Waals surface area contributed by atoms with Gasteiger partial charge in [0.15, 0.2) is 0 Å². The normalized spacial score (nSPS) is 10.0. The van der Waals surface area contributed by atoms with E-state index in [1.165, 1.54) is 0 Å². The molecule has 0 saturated heterocycles. The largest absolute Gasteiger partial charge is 0.396 e. The Kier molecular flexibility index (Phi) is 9.46. The maximum absolute atomic E-state index is 9.62. The van der Waals surface area contributed by atoms with Crippen LogP contribution >= 0.6 is 0 Å². The monoisotopic (exact) mass is 237 g/mol. The van der Waals surface area contributed by atoms with E-state index in [0.29, 0.717) is 6.42 Å². The minimum absolute atomic E-state index is 0.156. The molecule has 0 radical (unpaired) electrons. The second-order valence-electron chi connectivity index (χ2n) is 3.18. The number of hydrogen-bond donors (Lipinski definition) is 6. The smallest absolute Gasteiger partial charge is 0.320 e. The van der Waals surface area contributed by atoms with Gasteiger partial charge in [-0.2, -0.15) is 0 Å². The molecule has 0 heterocycles. The molecule has 16 heavy (non-hydrogen) atoms. The average molecular weight is 237 g/mol. The van der Waals surface area contributed by atoms with E-state index in [0.717, 1.165) is 0 Å². The van der Waals surface area contributed by atoms with Crippen LogP contribution < -0.4 is 16.8 Å². The molecule has 0 aliphatic carbocycles. The van der Waals surface area contributed by atoms with Crippen LogP contribution in [0.25, 0.3) is 0 Å². The highest BCUT2D eigenvalue weighted by atomic mass is 16.3. The minimum Gasteiger partial charge on any atom is -0.396 e. The summed E-state index contributed by atoms with van der Waals surface area (Å²) in [6.07, 6.45) is 0.594. The fourth-order valence-corrected chi connectivity index (χ4v) is 0.607. The van der Waals surface area contributed by atoms with Crippen molar-refractivity contribution < 1.29 is 24.9 Å². The number of amides is 4. The van der Waals surface area contributed by atoms with Crippen molar-refractivity contribution in [3.63, 3.8) is 0 Å². The maximum atomic E-state index is 9.62. The minimum atomic E-state index is -0.938. The molecule has 96 valence electrons. The van der Waals surface area contributed by atoms with Gasteiger partial charge in [-0.05, 0) is 6.42 Å². The number of nitrogens with one attached hydrogen (secondary N) is 1. The summed E-state index contributed by atoms with van der Waals surface area (Å²) in [6, 6.07) is -1.88. The summed E-state index contributed by atoms with van der Waals surface area (Å²) < 4.78 is 0. The molecule has 0 aromatic rings. The number of aliphatic hydroxyl groups excluding tert-OH is 3.